The van der Waals surface area contributed by atoms with Crippen molar-refractivity contribution in [1.82, 2.24) is 4.90 Å². The lowest BCUT2D eigenvalue weighted by molar-refractivity contribution is 0.115. The van der Waals surface area contributed by atoms with Crippen LogP contribution in [0.3, 0.4) is 0 Å². The first kappa shape index (κ1) is 16.2. The standard InChI is InChI=1S/C18H18F2N2O2/c19-16-7-6-15(12-17(16)20)24-14-8-10-22(11-9-14)18(23)21-13-4-2-1-3-5-13/h1-7,12,14H,8-11H2,(H,21,23). The van der Waals surface area contributed by atoms with E-state index in [4.69, 9.17) is 4.74 Å². The number of piperidine rings is 1. The number of anilines is 1. The van der Waals surface area contributed by atoms with Gasteiger partial charge in [0.2, 0.25) is 0 Å². The fourth-order valence-electron chi connectivity index (χ4n) is 2.64. The zero-order chi connectivity index (χ0) is 16.9. The van der Waals surface area contributed by atoms with Gasteiger partial charge in [-0.3, -0.25) is 0 Å². The molecule has 1 N–H and O–H groups in total. The molecule has 24 heavy (non-hydrogen) atoms. The molecule has 1 fully saturated rings. The largest absolute Gasteiger partial charge is 0.490 e. The number of rotatable bonds is 3. The number of halogens is 2. The Morgan fingerprint density at radius 1 is 1.04 bits per heavy atom. The van der Waals surface area contributed by atoms with E-state index in [9.17, 15) is 13.6 Å². The summed E-state index contributed by atoms with van der Waals surface area (Å²) >= 11 is 0. The third-order valence-electron chi connectivity index (χ3n) is 3.95. The van der Waals surface area contributed by atoms with Gasteiger partial charge in [-0.05, 0) is 24.3 Å². The minimum absolute atomic E-state index is 0.115. The lowest BCUT2D eigenvalue weighted by atomic mass is 10.1. The van der Waals surface area contributed by atoms with Crippen LogP contribution in [0.1, 0.15) is 12.8 Å². The Morgan fingerprint density at radius 2 is 1.75 bits per heavy atom. The van der Waals surface area contributed by atoms with E-state index in [0.717, 1.165) is 17.8 Å². The van der Waals surface area contributed by atoms with E-state index in [1.807, 2.05) is 30.3 Å². The molecule has 2 aromatic carbocycles. The summed E-state index contributed by atoms with van der Waals surface area (Å²) in [6.07, 6.45) is 1.17. The average molecular weight is 332 g/mol. The molecule has 4 nitrogen and oxygen atoms in total. The lowest BCUT2D eigenvalue weighted by Crippen LogP contribution is -2.43. The number of hydrogen-bond donors (Lipinski definition) is 1. The number of benzene rings is 2. The topological polar surface area (TPSA) is 41.6 Å². The monoisotopic (exact) mass is 332 g/mol. The first-order chi connectivity index (χ1) is 11.6. The molecular formula is C18H18F2N2O2. The average Bonchev–Trinajstić information content (AvgIpc) is 2.60. The van der Waals surface area contributed by atoms with E-state index in [1.165, 1.54) is 6.07 Å². The second-order valence-electron chi connectivity index (χ2n) is 5.68. The van der Waals surface area contributed by atoms with Crippen LogP contribution in [0.5, 0.6) is 5.75 Å². The van der Waals surface area contributed by atoms with E-state index in [1.54, 1.807) is 4.90 Å². The van der Waals surface area contributed by atoms with Crippen LogP contribution in [0.25, 0.3) is 0 Å². The Labute approximate surface area is 139 Å². The van der Waals surface area contributed by atoms with Crippen LogP contribution in [-0.4, -0.2) is 30.1 Å². The van der Waals surface area contributed by atoms with Crippen LogP contribution in [-0.2, 0) is 0 Å². The highest BCUT2D eigenvalue weighted by Crippen LogP contribution is 2.21. The second kappa shape index (κ2) is 7.29. The Morgan fingerprint density at radius 3 is 2.42 bits per heavy atom. The quantitative estimate of drug-likeness (QED) is 0.922. The summed E-state index contributed by atoms with van der Waals surface area (Å²) in [6, 6.07) is 12.6. The van der Waals surface area contributed by atoms with Gasteiger partial charge < -0.3 is 15.0 Å². The molecule has 0 aromatic heterocycles. The smallest absolute Gasteiger partial charge is 0.321 e. The van der Waals surface area contributed by atoms with Crippen molar-refractivity contribution in [3.63, 3.8) is 0 Å². The molecule has 126 valence electrons. The highest BCUT2D eigenvalue weighted by Gasteiger charge is 2.24. The molecule has 1 aliphatic heterocycles. The van der Waals surface area contributed by atoms with Gasteiger partial charge in [0, 0.05) is 37.7 Å². The normalized spacial score (nSPS) is 15.2. The van der Waals surface area contributed by atoms with Gasteiger partial charge in [0.05, 0.1) is 0 Å². The van der Waals surface area contributed by atoms with Gasteiger partial charge in [-0.1, -0.05) is 18.2 Å². The predicted octanol–water partition coefficient (Wildman–Crippen LogP) is 4.04. The molecule has 1 aliphatic rings. The van der Waals surface area contributed by atoms with Crippen LogP contribution in [0.2, 0.25) is 0 Å². The van der Waals surface area contributed by atoms with E-state index in [-0.39, 0.29) is 12.1 Å². The number of urea groups is 1. The number of likely N-dealkylation sites (tertiary alicyclic amines) is 1. The molecule has 0 spiro atoms. The predicted molar refractivity (Wildman–Crippen MR) is 87.0 cm³/mol. The number of nitrogens with one attached hydrogen (secondary N) is 1. The molecular weight excluding hydrogens is 314 g/mol. The third kappa shape index (κ3) is 4.01. The number of carbonyl (C=O) groups excluding carboxylic acids is 1. The first-order valence-electron chi connectivity index (χ1n) is 7.84. The minimum Gasteiger partial charge on any atom is -0.490 e. The molecule has 0 unspecified atom stereocenters. The van der Waals surface area contributed by atoms with Gasteiger partial charge in [0.25, 0.3) is 0 Å². The summed E-state index contributed by atoms with van der Waals surface area (Å²) in [5.41, 5.74) is 0.752. The summed E-state index contributed by atoms with van der Waals surface area (Å²) in [6.45, 7) is 1.10. The minimum atomic E-state index is -0.924. The number of ether oxygens (including phenoxy) is 1. The second-order valence-corrected chi connectivity index (χ2v) is 5.68. The fourth-order valence-corrected chi connectivity index (χ4v) is 2.64. The summed E-state index contributed by atoms with van der Waals surface area (Å²) in [5.74, 6) is -1.51. The van der Waals surface area contributed by atoms with Crippen molar-refractivity contribution >= 4 is 11.7 Å². The maximum absolute atomic E-state index is 13.2. The number of amides is 2. The first-order valence-corrected chi connectivity index (χ1v) is 7.84. The molecule has 0 radical (unpaired) electrons. The van der Waals surface area contributed by atoms with Crippen molar-refractivity contribution in [3.05, 3.63) is 60.2 Å². The zero-order valence-corrected chi connectivity index (χ0v) is 13.0. The highest BCUT2D eigenvalue weighted by atomic mass is 19.2. The number of para-hydroxylation sites is 1. The van der Waals surface area contributed by atoms with E-state index in [2.05, 4.69) is 5.32 Å². The maximum Gasteiger partial charge on any atom is 0.321 e. The van der Waals surface area contributed by atoms with Crippen molar-refractivity contribution < 1.29 is 18.3 Å². The summed E-state index contributed by atoms with van der Waals surface area (Å²) in [4.78, 5) is 13.9. The molecule has 0 aliphatic carbocycles. The van der Waals surface area contributed by atoms with Crippen molar-refractivity contribution in [2.75, 3.05) is 18.4 Å². The van der Waals surface area contributed by atoms with Crippen molar-refractivity contribution in [2.45, 2.75) is 18.9 Å². The van der Waals surface area contributed by atoms with Crippen molar-refractivity contribution in [3.8, 4) is 5.75 Å². The highest BCUT2D eigenvalue weighted by molar-refractivity contribution is 5.89. The lowest BCUT2D eigenvalue weighted by Gasteiger charge is -2.32. The van der Waals surface area contributed by atoms with Gasteiger partial charge in [0.1, 0.15) is 11.9 Å². The van der Waals surface area contributed by atoms with Crippen molar-refractivity contribution in [1.29, 1.82) is 0 Å². The molecule has 2 amide bonds. The van der Waals surface area contributed by atoms with Crippen LogP contribution in [0, 0.1) is 11.6 Å². The van der Waals surface area contributed by atoms with Gasteiger partial charge in [-0.25, -0.2) is 13.6 Å². The van der Waals surface area contributed by atoms with Gasteiger partial charge in [-0.15, -0.1) is 0 Å². The summed E-state index contributed by atoms with van der Waals surface area (Å²) in [5, 5.41) is 2.84. The zero-order valence-electron chi connectivity index (χ0n) is 13.0. The molecule has 0 atom stereocenters. The van der Waals surface area contributed by atoms with Gasteiger partial charge in [0.15, 0.2) is 11.6 Å². The summed E-state index contributed by atoms with van der Waals surface area (Å²) < 4.78 is 31.8. The van der Waals surface area contributed by atoms with Crippen LogP contribution < -0.4 is 10.1 Å². The molecule has 0 bridgehead atoms. The SMILES string of the molecule is O=C(Nc1ccccc1)N1CCC(Oc2ccc(F)c(F)c2)CC1. The van der Waals surface area contributed by atoms with E-state index < -0.39 is 11.6 Å². The summed E-state index contributed by atoms with van der Waals surface area (Å²) in [7, 11) is 0. The van der Waals surface area contributed by atoms with Gasteiger partial charge >= 0.3 is 6.03 Å². The number of nitrogens with zero attached hydrogens (tertiary/aromatic N) is 1. The van der Waals surface area contributed by atoms with Crippen molar-refractivity contribution in [2.24, 2.45) is 0 Å². The number of hydrogen-bond acceptors (Lipinski definition) is 2. The molecule has 2 aromatic rings. The number of carbonyl (C=O) groups is 1. The Balaban J connectivity index is 1.50. The Kier molecular flexibility index (Phi) is 4.93. The third-order valence-corrected chi connectivity index (χ3v) is 3.95. The Bertz CT molecular complexity index is 701. The van der Waals surface area contributed by atoms with E-state index in [0.29, 0.717) is 31.7 Å². The molecule has 1 saturated heterocycles. The Hall–Kier alpha value is -2.63. The maximum atomic E-state index is 13.2. The van der Waals surface area contributed by atoms with Crippen LogP contribution in [0.4, 0.5) is 19.3 Å². The van der Waals surface area contributed by atoms with Crippen LogP contribution >= 0.6 is 0 Å². The molecule has 6 heteroatoms. The fraction of sp³-hybridized carbons (Fsp3) is 0.278. The van der Waals surface area contributed by atoms with Crippen LogP contribution in [0.15, 0.2) is 48.5 Å². The van der Waals surface area contributed by atoms with Gasteiger partial charge in [-0.2, -0.15) is 0 Å². The molecule has 0 saturated carbocycles. The molecule has 1 heterocycles. The molecule has 3 rings (SSSR count). The van der Waals surface area contributed by atoms with E-state index >= 15 is 0 Å².